The highest BCUT2D eigenvalue weighted by atomic mass is 35.5. The van der Waals surface area contributed by atoms with Crippen molar-refractivity contribution in [3.8, 4) is 0 Å². The molecule has 0 saturated carbocycles. The summed E-state index contributed by atoms with van der Waals surface area (Å²) in [5, 5.41) is 3.55. The van der Waals surface area contributed by atoms with Gasteiger partial charge in [-0.05, 0) is 69.8 Å². The van der Waals surface area contributed by atoms with Gasteiger partial charge in [-0.25, -0.2) is 0 Å². The van der Waals surface area contributed by atoms with Crippen LogP contribution in [0.1, 0.15) is 30.9 Å². The second kappa shape index (κ2) is 7.44. The van der Waals surface area contributed by atoms with Gasteiger partial charge in [-0.15, -0.1) is 0 Å². The molecule has 5 heteroatoms. The van der Waals surface area contributed by atoms with Gasteiger partial charge < -0.3 is 11.1 Å². The van der Waals surface area contributed by atoms with E-state index in [9.17, 15) is 4.79 Å². The Morgan fingerprint density at radius 1 is 1.41 bits per heavy atom. The molecule has 0 aliphatic carbocycles. The number of halogens is 1. The topological polar surface area (TPSA) is 58.4 Å². The first-order chi connectivity index (χ1) is 10.4. The van der Waals surface area contributed by atoms with E-state index in [0.717, 1.165) is 42.7 Å². The van der Waals surface area contributed by atoms with E-state index in [-0.39, 0.29) is 11.9 Å². The molecule has 1 atom stereocenters. The number of carbonyl (C=O) groups excluding carboxylic acids is 1. The number of rotatable bonds is 4. The van der Waals surface area contributed by atoms with Gasteiger partial charge >= 0.3 is 0 Å². The first kappa shape index (κ1) is 17.3. The fraction of sp³-hybridized carbons (Fsp3) is 0.588. The number of nitrogens with one attached hydrogen (secondary N) is 1. The van der Waals surface area contributed by atoms with Crippen LogP contribution in [-0.2, 0) is 4.79 Å². The summed E-state index contributed by atoms with van der Waals surface area (Å²) in [5.74, 6) is 0.571. The third kappa shape index (κ3) is 4.45. The lowest BCUT2D eigenvalue weighted by molar-refractivity contribution is -0.117. The normalized spacial score (nSPS) is 18.2. The van der Waals surface area contributed by atoms with E-state index in [1.54, 1.807) is 0 Å². The van der Waals surface area contributed by atoms with Crippen LogP contribution >= 0.6 is 11.6 Å². The molecule has 1 fully saturated rings. The van der Waals surface area contributed by atoms with Gasteiger partial charge in [0.1, 0.15) is 0 Å². The van der Waals surface area contributed by atoms with Gasteiger partial charge in [0, 0.05) is 6.04 Å². The van der Waals surface area contributed by atoms with Crippen molar-refractivity contribution in [2.75, 3.05) is 25.0 Å². The summed E-state index contributed by atoms with van der Waals surface area (Å²) >= 11 is 6.23. The Morgan fingerprint density at radius 3 is 2.59 bits per heavy atom. The fourth-order valence-electron chi connectivity index (χ4n) is 3.09. The maximum absolute atomic E-state index is 12.2. The van der Waals surface area contributed by atoms with Crippen LogP contribution in [0.5, 0.6) is 0 Å². The van der Waals surface area contributed by atoms with Gasteiger partial charge in [0.05, 0.1) is 17.3 Å². The van der Waals surface area contributed by atoms with Gasteiger partial charge in [-0.2, -0.15) is 0 Å². The number of anilines is 1. The third-order valence-corrected chi connectivity index (χ3v) is 4.74. The Hall–Kier alpha value is -1.10. The number of amides is 1. The summed E-state index contributed by atoms with van der Waals surface area (Å²) in [6.07, 6.45) is 2.13. The summed E-state index contributed by atoms with van der Waals surface area (Å²) in [5.41, 5.74) is 8.76. The number of carbonyl (C=O) groups is 1. The highest BCUT2D eigenvalue weighted by Gasteiger charge is 2.23. The minimum absolute atomic E-state index is 0.00639. The highest BCUT2D eigenvalue weighted by Crippen LogP contribution is 2.27. The lowest BCUT2D eigenvalue weighted by Gasteiger charge is -2.33. The largest absolute Gasteiger partial charge is 0.328 e. The first-order valence-corrected chi connectivity index (χ1v) is 8.29. The molecule has 1 amide bonds. The van der Waals surface area contributed by atoms with Gasteiger partial charge in [-0.3, -0.25) is 9.69 Å². The van der Waals surface area contributed by atoms with Crippen LogP contribution in [0.15, 0.2) is 12.1 Å². The quantitative estimate of drug-likeness (QED) is 0.895. The number of likely N-dealkylation sites (tertiary alicyclic amines) is 1. The number of nitrogens with two attached hydrogens (primary N) is 1. The minimum atomic E-state index is -0.00639. The molecule has 1 heterocycles. The van der Waals surface area contributed by atoms with Crippen molar-refractivity contribution in [2.24, 2.45) is 11.7 Å². The maximum Gasteiger partial charge on any atom is 0.238 e. The molecule has 0 radical (unpaired) electrons. The zero-order valence-electron chi connectivity index (χ0n) is 13.7. The van der Waals surface area contributed by atoms with Gasteiger partial charge in [0.25, 0.3) is 0 Å². The summed E-state index contributed by atoms with van der Waals surface area (Å²) in [4.78, 5) is 14.4. The van der Waals surface area contributed by atoms with Crippen LogP contribution in [0.4, 0.5) is 5.69 Å². The fourth-order valence-corrected chi connectivity index (χ4v) is 3.46. The predicted molar refractivity (Wildman–Crippen MR) is 92.4 cm³/mol. The Labute approximate surface area is 138 Å². The highest BCUT2D eigenvalue weighted by molar-refractivity contribution is 6.34. The Morgan fingerprint density at radius 2 is 2.05 bits per heavy atom. The number of aryl methyl sites for hydroxylation is 2. The van der Waals surface area contributed by atoms with Crippen molar-refractivity contribution >= 4 is 23.2 Å². The van der Waals surface area contributed by atoms with Gasteiger partial charge in [0.2, 0.25) is 5.91 Å². The van der Waals surface area contributed by atoms with Crippen LogP contribution in [0.3, 0.4) is 0 Å². The first-order valence-electron chi connectivity index (χ1n) is 7.91. The van der Waals surface area contributed by atoms with Crippen molar-refractivity contribution in [1.29, 1.82) is 0 Å². The van der Waals surface area contributed by atoms with Crippen molar-refractivity contribution in [3.05, 3.63) is 28.3 Å². The number of benzene rings is 1. The molecular formula is C17H26ClN3O. The van der Waals surface area contributed by atoms with Crippen LogP contribution in [0.2, 0.25) is 5.02 Å². The molecule has 22 heavy (non-hydrogen) atoms. The maximum atomic E-state index is 12.2. The number of piperidine rings is 1. The van der Waals surface area contributed by atoms with E-state index in [2.05, 4.69) is 17.1 Å². The second-order valence-electron chi connectivity index (χ2n) is 6.46. The minimum Gasteiger partial charge on any atom is -0.328 e. The number of hydrogen-bond donors (Lipinski definition) is 2. The van der Waals surface area contributed by atoms with Crippen LogP contribution in [0, 0.1) is 19.8 Å². The molecule has 0 bridgehead atoms. The molecule has 1 saturated heterocycles. The standard InChI is InChI=1S/C17H26ClN3O/c1-11-8-12(2)17(15(18)9-11)20-16(22)10-21-6-4-14(5-7-21)13(3)19/h8-9,13-14H,4-7,10,19H2,1-3H3,(H,20,22). The Kier molecular flexibility index (Phi) is 5.84. The molecule has 4 nitrogen and oxygen atoms in total. The Balaban J connectivity index is 1.89. The molecule has 1 aliphatic rings. The van der Waals surface area contributed by atoms with Crippen LogP contribution in [0.25, 0.3) is 0 Å². The Bertz CT molecular complexity index is 514. The van der Waals surface area contributed by atoms with E-state index < -0.39 is 0 Å². The second-order valence-corrected chi connectivity index (χ2v) is 6.87. The summed E-state index contributed by atoms with van der Waals surface area (Å²) < 4.78 is 0. The van der Waals surface area contributed by atoms with Crippen LogP contribution < -0.4 is 11.1 Å². The molecular weight excluding hydrogens is 298 g/mol. The molecule has 1 aromatic carbocycles. The van der Waals surface area contributed by atoms with E-state index in [1.807, 2.05) is 26.0 Å². The van der Waals surface area contributed by atoms with Crippen LogP contribution in [-0.4, -0.2) is 36.5 Å². The predicted octanol–water partition coefficient (Wildman–Crippen LogP) is 2.95. The van der Waals surface area contributed by atoms with E-state index in [0.29, 0.717) is 17.5 Å². The summed E-state index contributed by atoms with van der Waals surface area (Å²) in [7, 11) is 0. The SMILES string of the molecule is Cc1cc(C)c(NC(=O)CN2CCC(C(C)N)CC2)c(Cl)c1. The molecule has 3 N–H and O–H groups in total. The van der Waals surface area contributed by atoms with Crippen molar-refractivity contribution in [2.45, 2.75) is 39.7 Å². The summed E-state index contributed by atoms with van der Waals surface area (Å²) in [6.45, 7) is 8.29. The zero-order chi connectivity index (χ0) is 16.3. The summed E-state index contributed by atoms with van der Waals surface area (Å²) in [6, 6.07) is 4.14. The average molecular weight is 324 g/mol. The lowest BCUT2D eigenvalue weighted by atomic mass is 9.91. The van der Waals surface area contributed by atoms with Crippen molar-refractivity contribution < 1.29 is 4.79 Å². The molecule has 2 rings (SSSR count). The average Bonchev–Trinajstić information content (AvgIpc) is 2.43. The van der Waals surface area contributed by atoms with E-state index in [4.69, 9.17) is 17.3 Å². The number of nitrogens with zero attached hydrogens (tertiary/aromatic N) is 1. The van der Waals surface area contributed by atoms with Gasteiger partial charge in [-0.1, -0.05) is 17.7 Å². The monoisotopic (exact) mass is 323 g/mol. The third-order valence-electron chi connectivity index (χ3n) is 4.44. The van der Waals surface area contributed by atoms with Crippen molar-refractivity contribution in [1.82, 2.24) is 4.90 Å². The smallest absolute Gasteiger partial charge is 0.238 e. The number of hydrogen-bond acceptors (Lipinski definition) is 3. The molecule has 1 aromatic rings. The molecule has 122 valence electrons. The lowest BCUT2D eigenvalue weighted by Crippen LogP contribution is -2.42. The van der Waals surface area contributed by atoms with E-state index in [1.165, 1.54) is 0 Å². The molecule has 0 spiro atoms. The zero-order valence-corrected chi connectivity index (χ0v) is 14.4. The molecule has 0 aromatic heterocycles. The van der Waals surface area contributed by atoms with Gasteiger partial charge in [0.15, 0.2) is 0 Å². The van der Waals surface area contributed by atoms with Crippen molar-refractivity contribution in [3.63, 3.8) is 0 Å². The molecule has 1 unspecified atom stereocenters. The molecule has 1 aliphatic heterocycles. The van der Waals surface area contributed by atoms with E-state index >= 15 is 0 Å².